The van der Waals surface area contributed by atoms with Crippen molar-refractivity contribution in [3.8, 4) is 0 Å². The molecular formula is C2H6N3O10SY. The van der Waals surface area contributed by atoms with Crippen LogP contribution in [-0.2, 0) is 43.5 Å². The number of hydrogen-bond acceptors (Lipinski definition) is 10. The predicted octanol–water partition coefficient (Wildman–Crippen LogP) is -0.725. The van der Waals surface area contributed by atoms with Gasteiger partial charge >= 0.3 is 32.7 Å². The van der Waals surface area contributed by atoms with E-state index in [1.54, 1.807) is 12.5 Å². The molecule has 0 rings (SSSR count). The van der Waals surface area contributed by atoms with Crippen molar-refractivity contribution in [1.29, 1.82) is 0 Å². The van der Waals surface area contributed by atoms with Crippen molar-refractivity contribution in [1.82, 2.24) is 0 Å². The Balaban J connectivity index is -0.0000000369. The molecule has 0 aromatic carbocycles. The monoisotopic (exact) mass is 353 g/mol. The number of nitrogens with zero attached hydrogens (tertiary/aromatic N) is 3. The van der Waals surface area contributed by atoms with Crippen LogP contribution in [0.2, 0.25) is 0 Å². The first kappa shape index (κ1) is 29.7. The molecule has 0 amide bonds. The molecule has 0 spiro atoms. The van der Waals surface area contributed by atoms with Gasteiger partial charge in [0.15, 0.2) is 0 Å². The maximum absolute atomic E-state index is 9.56. The molecule has 0 aromatic rings. The molecule has 0 bridgehead atoms. The van der Waals surface area contributed by atoms with Crippen LogP contribution in [0.5, 0.6) is 0 Å². The Morgan fingerprint density at radius 1 is 0.706 bits per heavy atom. The summed E-state index contributed by atoms with van der Waals surface area (Å²) in [5.41, 5.74) is 0. The molecule has 0 saturated carbocycles. The van der Waals surface area contributed by atoms with E-state index in [2.05, 4.69) is 0 Å². The third-order valence-electron chi connectivity index (χ3n) is 0. The van der Waals surface area contributed by atoms with E-state index in [0.717, 1.165) is 0 Å². The van der Waals surface area contributed by atoms with Gasteiger partial charge < -0.3 is 46.0 Å². The van der Waals surface area contributed by atoms with Crippen molar-refractivity contribution in [2.24, 2.45) is 0 Å². The molecule has 0 fully saturated rings. The second-order valence-electron chi connectivity index (χ2n) is 1.41. The summed E-state index contributed by atoms with van der Waals surface area (Å²) in [4.78, 5) is 24.8. The molecule has 0 N–H and O–H groups in total. The summed E-state index contributed by atoms with van der Waals surface area (Å²) in [6.45, 7) is 0. The molecule has 0 aliphatic heterocycles. The fraction of sp³-hybridized carbons (Fsp3) is 1.00. The van der Waals surface area contributed by atoms with Crippen LogP contribution in [0.3, 0.4) is 0 Å². The van der Waals surface area contributed by atoms with Gasteiger partial charge in [-0.1, -0.05) is 0 Å². The van der Waals surface area contributed by atoms with Crippen molar-refractivity contribution in [3.63, 3.8) is 0 Å². The third-order valence-corrected chi connectivity index (χ3v) is 0. The minimum Gasteiger partial charge on any atom is -0.356 e. The molecule has 0 aliphatic carbocycles. The molecule has 13 nitrogen and oxygen atoms in total. The van der Waals surface area contributed by atoms with Gasteiger partial charge in [-0.25, -0.2) is 0 Å². The van der Waals surface area contributed by atoms with Crippen LogP contribution in [0.4, 0.5) is 0 Å². The van der Waals surface area contributed by atoms with Crippen LogP contribution in [0, 0.1) is 46.0 Å². The summed E-state index contributed by atoms with van der Waals surface area (Å²) in [6.07, 6.45) is 3.28. The van der Waals surface area contributed by atoms with Gasteiger partial charge in [0.05, 0.1) is 15.3 Å². The Labute approximate surface area is 121 Å². The topological polar surface area (TPSA) is 216 Å². The van der Waals surface area contributed by atoms with Gasteiger partial charge in [-0.05, 0) is 0 Å². The van der Waals surface area contributed by atoms with Gasteiger partial charge in [0.25, 0.3) is 0 Å². The molecule has 0 saturated heterocycles. The average Bonchev–Trinajstić information content (AvgIpc) is 1.76. The fourth-order valence-corrected chi connectivity index (χ4v) is 0. The van der Waals surface area contributed by atoms with E-state index >= 15 is 0 Å². The maximum Gasteiger partial charge on any atom is 3.00 e. The van der Waals surface area contributed by atoms with Gasteiger partial charge in [-0.3, -0.25) is 4.21 Å². The van der Waals surface area contributed by atoms with E-state index < -0.39 is 26.1 Å². The second kappa shape index (κ2) is 24.2. The van der Waals surface area contributed by atoms with E-state index in [4.69, 9.17) is 46.0 Å². The summed E-state index contributed by atoms with van der Waals surface area (Å²) in [5.74, 6) is 0. The third kappa shape index (κ3) is 1870. The number of hydrogen-bond donors (Lipinski definition) is 0. The van der Waals surface area contributed by atoms with E-state index in [1.165, 1.54) is 0 Å². The van der Waals surface area contributed by atoms with Crippen LogP contribution in [-0.4, -0.2) is 32.0 Å². The molecule has 15 heteroatoms. The van der Waals surface area contributed by atoms with Crippen molar-refractivity contribution >= 4 is 10.8 Å². The van der Waals surface area contributed by atoms with Crippen molar-refractivity contribution < 1.29 is 52.2 Å². The summed E-state index contributed by atoms with van der Waals surface area (Å²) in [5, 5.41) is 44.2. The predicted molar refractivity (Wildman–Crippen MR) is 51.1 cm³/mol. The summed E-state index contributed by atoms with van der Waals surface area (Å²) in [7, 11) is -0.611. The van der Waals surface area contributed by atoms with Crippen LogP contribution < -0.4 is 0 Å². The van der Waals surface area contributed by atoms with Crippen LogP contribution >= 0.6 is 0 Å². The average molecular weight is 353 g/mol. The van der Waals surface area contributed by atoms with E-state index in [0.29, 0.717) is 0 Å². The van der Waals surface area contributed by atoms with Crippen LogP contribution in [0.1, 0.15) is 0 Å². The Morgan fingerprint density at radius 3 is 0.706 bits per heavy atom. The maximum atomic E-state index is 9.56. The minimum absolute atomic E-state index is 0. The number of rotatable bonds is 0. The van der Waals surface area contributed by atoms with Crippen LogP contribution in [0.25, 0.3) is 0 Å². The van der Waals surface area contributed by atoms with Crippen molar-refractivity contribution in [2.45, 2.75) is 0 Å². The van der Waals surface area contributed by atoms with Gasteiger partial charge in [-0.2, -0.15) is 0 Å². The molecule has 0 aromatic heterocycles. The van der Waals surface area contributed by atoms with E-state index in [1.807, 2.05) is 0 Å². The standard InChI is InChI=1S/C2H6OS.3NO3.Y/c1-4(2)3;3*2-1(3)4;/h1-2H3;;;;/q;3*-1;+3. The second-order valence-corrected chi connectivity index (χ2v) is 2.90. The summed E-state index contributed by atoms with van der Waals surface area (Å²) < 4.78 is 9.56. The van der Waals surface area contributed by atoms with Gasteiger partial charge in [0.2, 0.25) is 0 Å². The zero-order valence-electron chi connectivity index (χ0n) is 8.41. The Morgan fingerprint density at radius 2 is 0.706 bits per heavy atom. The summed E-state index contributed by atoms with van der Waals surface area (Å²) >= 11 is 0. The Bertz CT molecular complexity index is 170. The minimum atomic E-state index is -1.75. The SMILES string of the molecule is CS(C)=O.O=[N+]([O-])[O-].O=[N+]([O-])[O-].O=[N+]([O-])[O-].[Y+3]. The molecule has 0 atom stereocenters. The summed E-state index contributed by atoms with van der Waals surface area (Å²) in [6, 6.07) is 0. The molecule has 0 heterocycles. The molecular weight excluding hydrogens is 347 g/mol. The van der Waals surface area contributed by atoms with Gasteiger partial charge in [-0.15, -0.1) is 0 Å². The molecule has 17 heavy (non-hydrogen) atoms. The zero-order chi connectivity index (χ0) is 14.3. The van der Waals surface area contributed by atoms with Crippen molar-refractivity contribution in [3.05, 3.63) is 46.0 Å². The van der Waals surface area contributed by atoms with Gasteiger partial charge in [0, 0.05) is 23.3 Å². The quantitative estimate of drug-likeness (QED) is 0.393. The smallest absolute Gasteiger partial charge is 0.356 e. The first-order valence-electron chi connectivity index (χ1n) is 2.63. The largest absolute Gasteiger partial charge is 3.00 e. The molecule has 0 radical (unpaired) electrons. The Kier molecular flexibility index (Phi) is 42.3. The molecule has 0 aliphatic rings. The normalized spacial score (nSPS) is 6.29. The fourth-order valence-electron chi connectivity index (χ4n) is 0. The van der Waals surface area contributed by atoms with E-state index in [-0.39, 0.29) is 32.7 Å². The Hall–Kier alpha value is -1.15. The van der Waals surface area contributed by atoms with E-state index in [9.17, 15) is 4.21 Å². The first-order chi connectivity index (χ1) is 6.93. The zero-order valence-corrected chi connectivity index (χ0v) is 12.1. The molecule has 98 valence electrons. The first-order valence-corrected chi connectivity index (χ1v) is 4.59. The van der Waals surface area contributed by atoms with Gasteiger partial charge in [0.1, 0.15) is 0 Å². The molecule has 0 unspecified atom stereocenters. The van der Waals surface area contributed by atoms with Crippen molar-refractivity contribution in [2.75, 3.05) is 12.5 Å². The van der Waals surface area contributed by atoms with Crippen LogP contribution in [0.15, 0.2) is 0 Å².